The Bertz CT molecular complexity index is 748. The number of nitrogens with zero attached hydrogens (tertiary/aromatic N) is 4. The minimum absolute atomic E-state index is 0.172. The Morgan fingerprint density at radius 3 is 2.91 bits per heavy atom. The fraction of sp³-hybridized carbons (Fsp3) is 0.533. The zero-order valence-electron chi connectivity index (χ0n) is 12.5. The Labute approximate surface area is 128 Å². The number of fused-ring (bicyclic) bond motifs is 1. The minimum atomic E-state index is 0.172. The summed E-state index contributed by atoms with van der Waals surface area (Å²) < 4.78 is 2.05. The van der Waals surface area contributed by atoms with Crippen LogP contribution in [0.4, 0.5) is 11.8 Å². The van der Waals surface area contributed by atoms with Gasteiger partial charge in [-0.2, -0.15) is 9.97 Å². The van der Waals surface area contributed by atoms with E-state index in [2.05, 4.69) is 33.3 Å². The van der Waals surface area contributed by atoms with Crippen molar-refractivity contribution in [1.29, 1.82) is 0 Å². The highest BCUT2D eigenvalue weighted by Crippen LogP contribution is 2.36. The van der Waals surface area contributed by atoms with Crippen molar-refractivity contribution in [2.75, 3.05) is 17.7 Å². The zero-order valence-corrected chi connectivity index (χ0v) is 12.5. The number of aliphatic hydroxyl groups excluding tert-OH is 1. The summed E-state index contributed by atoms with van der Waals surface area (Å²) in [4.78, 5) is 13.2. The van der Waals surface area contributed by atoms with Gasteiger partial charge in [0.05, 0.1) is 12.4 Å². The molecule has 0 unspecified atom stereocenters. The summed E-state index contributed by atoms with van der Waals surface area (Å²) >= 11 is 0. The predicted molar refractivity (Wildman–Crippen MR) is 84.4 cm³/mol. The molecule has 2 aliphatic carbocycles. The van der Waals surface area contributed by atoms with E-state index in [0.717, 1.165) is 36.2 Å². The molecule has 0 amide bonds. The van der Waals surface area contributed by atoms with Crippen LogP contribution in [0.3, 0.4) is 0 Å². The zero-order chi connectivity index (χ0) is 15.3. The summed E-state index contributed by atoms with van der Waals surface area (Å²) in [6.07, 6.45) is 7.12. The van der Waals surface area contributed by atoms with Crippen LogP contribution in [-0.2, 0) is 0 Å². The van der Waals surface area contributed by atoms with Crippen LogP contribution in [0.1, 0.15) is 32.2 Å². The second-order valence-electron chi connectivity index (χ2n) is 6.28. The van der Waals surface area contributed by atoms with Crippen LogP contribution in [0.25, 0.3) is 11.2 Å². The first-order valence-electron chi connectivity index (χ1n) is 7.71. The molecule has 0 aliphatic heterocycles. The van der Waals surface area contributed by atoms with Gasteiger partial charge < -0.3 is 20.7 Å². The number of nitrogens with one attached hydrogen (secondary N) is 1. The van der Waals surface area contributed by atoms with E-state index in [1.54, 1.807) is 6.33 Å². The molecule has 22 heavy (non-hydrogen) atoms. The molecule has 2 aromatic heterocycles. The lowest BCUT2D eigenvalue weighted by Gasteiger charge is -2.16. The minimum Gasteiger partial charge on any atom is -0.396 e. The number of anilines is 2. The summed E-state index contributed by atoms with van der Waals surface area (Å²) in [5, 5.41) is 12.8. The molecule has 7 nitrogen and oxygen atoms in total. The van der Waals surface area contributed by atoms with Gasteiger partial charge in [0.15, 0.2) is 17.0 Å². The standard InChI is InChI=1S/C15H20N6O/c1-8-4-9(6-22)5-11(8)21-7-17-12-13(18-10-2-3-10)19-15(16)20-14(12)21/h4,7,9-11,22H,2-3,5-6H2,1H3,(H3,16,18,19,20)/t9-,11-/m1/s1. The first kappa shape index (κ1) is 13.5. The highest BCUT2D eigenvalue weighted by atomic mass is 16.3. The monoisotopic (exact) mass is 300 g/mol. The Kier molecular flexibility index (Phi) is 3.04. The van der Waals surface area contributed by atoms with E-state index in [4.69, 9.17) is 5.73 Å². The molecule has 0 spiro atoms. The Morgan fingerprint density at radius 2 is 2.23 bits per heavy atom. The smallest absolute Gasteiger partial charge is 0.224 e. The van der Waals surface area contributed by atoms with E-state index < -0.39 is 0 Å². The quantitative estimate of drug-likeness (QED) is 0.739. The van der Waals surface area contributed by atoms with Gasteiger partial charge in [0, 0.05) is 18.6 Å². The van der Waals surface area contributed by atoms with Crippen molar-refractivity contribution in [2.45, 2.75) is 38.3 Å². The van der Waals surface area contributed by atoms with Crippen molar-refractivity contribution >= 4 is 22.9 Å². The third kappa shape index (κ3) is 2.21. The number of nitrogens with two attached hydrogens (primary N) is 1. The van der Waals surface area contributed by atoms with Gasteiger partial charge in [-0.1, -0.05) is 11.6 Å². The maximum Gasteiger partial charge on any atom is 0.224 e. The van der Waals surface area contributed by atoms with E-state index in [-0.39, 0.29) is 24.5 Å². The van der Waals surface area contributed by atoms with Crippen LogP contribution in [0.5, 0.6) is 0 Å². The first-order valence-corrected chi connectivity index (χ1v) is 7.71. The van der Waals surface area contributed by atoms with Crippen LogP contribution in [0.15, 0.2) is 18.0 Å². The molecule has 2 atom stereocenters. The maximum absolute atomic E-state index is 9.38. The van der Waals surface area contributed by atoms with E-state index in [0.29, 0.717) is 6.04 Å². The average Bonchev–Trinajstić information content (AvgIpc) is 3.08. The molecule has 1 saturated carbocycles. The van der Waals surface area contributed by atoms with Gasteiger partial charge in [0.2, 0.25) is 5.95 Å². The van der Waals surface area contributed by atoms with Crippen molar-refractivity contribution in [3.63, 3.8) is 0 Å². The molecule has 0 radical (unpaired) electrons. The number of allylic oxidation sites excluding steroid dienone is 1. The molecule has 0 aromatic carbocycles. The van der Waals surface area contributed by atoms with Crippen LogP contribution < -0.4 is 11.1 Å². The number of hydrogen-bond acceptors (Lipinski definition) is 6. The molecule has 7 heteroatoms. The fourth-order valence-electron chi connectivity index (χ4n) is 3.17. The molecule has 0 bridgehead atoms. The maximum atomic E-state index is 9.38. The van der Waals surface area contributed by atoms with Crippen LogP contribution in [0, 0.1) is 5.92 Å². The SMILES string of the molecule is CC1=C[C@@H](CO)C[C@H]1n1cnc2c(NC3CC3)nc(N)nc21. The van der Waals surface area contributed by atoms with Crippen LogP contribution >= 0.6 is 0 Å². The number of aliphatic hydroxyl groups is 1. The molecular formula is C15H20N6O. The highest BCUT2D eigenvalue weighted by Gasteiger charge is 2.28. The Balaban J connectivity index is 1.76. The van der Waals surface area contributed by atoms with Gasteiger partial charge in [0.25, 0.3) is 0 Å². The largest absolute Gasteiger partial charge is 0.396 e. The second-order valence-corrected chi connectivity index (χ2v) is 6.28. The summed E-state index contributed by atoms with van der Waals surface area (Å²) in [6, 6.07) is 0.653. The number of aromatic nitrogens is 4. The summed E-state index contributed by atoms with van der Waals surface area (Å²) in [7, 11) is 0. The first-order chi connectivity index (χ1) is 10.7. The third-order valence-corrected chi connectivity index (χ3v) is 4.48. The van der Waals surface area contributed by atoms with E-state index in [9.17, 15) is 5.11 Å². The van der Waals surface area contributed by atoms with E-state index in [1.807, 2.05) is 4.57 Å². The Hall–Kier alpha value is -2.15. The van der Waals surface area contributed by atoms with E-state index in [1.165, 1.54) is 5.57 Å². The van der Waals surface area contributed by atoms with Crippen molar-refractivity contribution in [3.8, 4) is 0 Å². The van der Waals surface area contributed by atoms with Gasteiger partial charge >= 0.3 is 0 Å². The molecule has 2 aliphatic rings. The van der Waals surface area contributed by atoms with Crippen molar-refractivity contribution in [1.82, 2.24) is 19.5 Å². The lowest BCUT2D eigenvalue weighted by molar-refractivity contribution is 0.244. The van der Waals surface area contributed by atoms with Gasteiger partial charge in [0.1, 0.15) is 0 Å². The second kappa shape index (κ2) is 4.95. The molecule has 4 N–H and O–H groups in total. The van der Waals surface area contributed by atoms with Gasteiger partial charge in [-0.3, -0.25) is 0 Å². The van der Waals surface area contributed by atoms with Gasteiger partial charge in [-0.15, -0.1) is 0 Å². The number of rotatable bonds is 4. The molecule has 2 aromatic rings. The van der Waals surface area contributed by atoms with Gasteiger partial charge in [-0.25, -0.2) is 4.98 Å². The summed E-state index contributed by atoms with van der Waals surface area (Å²) in [5.74, 6) is 1.18. The third-order valence-electron chi connectivity index (χ3n) is 4.48. The van der Waals surface area contributed by atoms with Gasteiger partial charge in [-0.05, 0) is 26.2 Å². The fourth-order valence-corrected chi connectivity index (χ4v) is 3.17. The molecule has 4 rings (SSSR count). The summed E-state index contributed by atoms with van der Waals surface area (Å²) in [5.41, 5.74) is 8.63. The van der Waals surface area contributed by atoms with Crippen LogP contribution in [-0.4, -0.2) is 37.3 Å². The molecule has 116 valence electrons. The number of imidazole rings is 1. The van der Waals surface area contributed by atoms with Crippen LogP contribution in [0.2, 0.25) is 0 Å². The highest BCUT2D eigenvalue weighted by molar-refractivity contribution is 5.84. The molecule has 0 saturated heterocycles. The van der Waals surface area contributed by atoms with E-state index >= 15 is 0 Å². The lowest BCUT2D eigenvalue weighted by atomic mass is 10.1. The predicted octanol–water partition coefficient (Wildman–Crippen LogP) is 1.48. The normalized spacial score (nSPS) is 24.7. The topological polar surface area (TPSA) is 102 Å². The number of nitrogen functional groups attached to an aromatic ring is 1. The average molecular weight is 300 g/mol. The molecule has 2 heterocycles. The number of hydrogen-bond donors (Lipinski definition) is 3. The molecular weight excluding hydrogens is 280 g/mol. The van der Waals surface area contributed by atoms with Crippen molar-refractivity contribution < 1.29 is 5.11 Å². The Morgan fingerprint density at radius 1 is 1.41 bits per heavy atom. The lowest BCUT2D eigenvalue weighted by Crippen LogP contribution is -2.11. The molecule has 1 fully saturated rings. The van der Waals surface area contributed by atoms with Crippen molar-refractivity contribution in [2.24, 2.45) is 5.92 Å². The van der Waals surface area contributed by atoms with Crippen molar-refractivity contribution in [3.05, 3.63) is 18.0 Å². The summed E-state index contributed by atoms with van der Waals surface area (Å²) in [6.45, 7) is 2.26.